The van der Waals surface area contributed by atoms with E-state index in [1.165, 1.54) is 18.4 Å². The third-order valence-electron chi connectivity index (χ3n) is 5.07. The summed E-state index contributed by atoms with van der Waals surface area (Å²) in [7, 11) is 0. The molecule has 0 unspecified atom stereocenters. The van der Waals surface area contributed by atoms with E-state index in [9.17, 15) is 19.8 Å². The molecule has 1 heterocycles. The molecule has 0 radical (unpaired) electrons. The molecule has 0 amide bonds. The van der Waals surface area contributed by atoms with Gasteiger partial charge in [0.15, 0.2) is 0 Å². The number of phenolic OH excluding ortho intramolecular Hbond substituents is 1. The van der Waals surface area contributed by atoms with Gasteiger partial charge in [0, 0.05) is 6.54 Å². The third-order valence-corrected chi connectivity index (χ3v) is 5.07. The van der Waals surface area contributed by atoms with E-state index in [2.05, 4.69) is 5.32 Å². The van der Waals surface area contributed by atoms with Crippen LogP contribution in [0.4, 0.5) is 0 Å². The highest BCUT2D eigenvalue weighted by atomic mass is 16.5. The van der Waals surface area contributed by atoms with E-state index in [-0.39, 0.29) is 35.4 Å². The van der Waals surface area contributed by atoms with Gasteiger partial charge in [-0.15, -0.1) is 0 Å². The molecule has 7 heteroatoms. The molecule has 162 valence electrons. The first-order valence-electron chi connectivity index (χ1n) is 10.0. The molecule has 1 aromatic heterocycles. The van der Waals surface area contributed by atoms with Gasteiger partial charge < -0.3 is 19.4 Å². The Balaban J connectivity index is 1.60. The van der Waals surface area contributed by atoms with Gasteiger partial charge in [-0.2, -0.15) is 0 Å². The molecule has 0 fully saturated rings. The van der Waals surface area contributed by atoms with E-state index in [0.29, 0.717) is 11.3 Å². The SMILES string of the molecule is O=C(O)[C@@H](Cc1ccccc1)NCc1c(O)ccc2c(=O)c(Oc3ccccc3)coc12. The Labute approximate surface area is 183 Å². The van der Waals surface area contributed by atoms with Crippen LogP contribution in [0, 0.1) is 0 Å². The maximum atomic E-state index is 12.9. The minimum atomic E-state index is -1.02. The van der Waals surface area contributed by atoms with Gasteiger partial charge in [-0.1, -0.05) is 48.5 Å². The summed E-state index contributed by atoms with van der Waals surface area (Å²) < 4.78 is 11.3. The number of benzene rings is 3. The molecular formula is C25H21NO6. The molecule has 0 bridgehead atoms. The Hall–Kier alpha value is -4.10. The lowest BCUT2D eigenvalue weighted by atomic mass is 10.0. The smallest absolute Gasteiger partial charge is 0.321 e. The normalized spacial score (nSPS) is 11.9. The topological polar surface area (TPSA) is 109 Å². The molecule has 0 spiro atoms. The zero-order chi connectivity index (χ0) is 22.5. The standard InChI is InChI=1S/C25H21NO6/c27-21-12-11-18-23(28)22(32-17-9-5-2-6-10-17)15-31-24(18)19(21)14-26-20(25(29)30)13-16-7-3-1-4-8-16/h1-12,15,20,26-27H,13-14H2,(H,29,30)/t20-/m1/s1. The molecule has 1 atom stereocenters. The molecule has 4 rings (SSSR count). The summed E-state index contributed by atoms with van der Waals surface area (Å²) >= 11 is 0. The van der Waals surface area contributed by atoms with E-state index < -0.39 is 17.4 Å². The lowest BCUT2D eigenvalue weighted by Gasteiger charge is -2.16. The average molecular weight is 431 g/mol. The third kappa shape index (κ3) is 4.63. The Kier molecular flexibility index (Phi) is 6.19. The summed E-state index contributed by atoms with van der Waals surface area (Å²) in [5.41, 5.74) is 0.941. The Morgan fingerprint density at radius 1 is 1.00 bits per heavy atom. The fourth-order valence-corrected chi connectivity index (χ4v) is 3.41. The maximum Gasteiger partial charge on any atom is 0.321 e. The summed E-state index contributed by atoms with van der Waals surface area (Å²) in [6.45, 7) is -0.00516. The predicted octanol–water partition coefficient (Wildman–Crippen LogP) is 4.08. The van der Waals surface area contributed by atoms with E-state index >= 15 is 0 Å². The second-order valence-electron chi connectivity index (χ2n) is 7.25. The lowest BCUT2D eigenvalue weighted by Crippen LogP contribution is -2.38. The summed E-state index contributed by atoms with van der Waals surface area (Å²) in [6, 6.07) is 20.0. The quantitative estimate of drug-likeness (QED) is 0.386. The Bertz CT molecular complexity index is 1280. The number of nitrogens with one attached hydrogen (secondary N) is 1. The van der Waals surface area contributed by atoms with Crippen molar-refractivity contribution in [1.29, 1.82) is 0 Å². The minimum Gasteiger partial charge on any atom is -0.507 e. The number of rotatable bonds is 8. The number of para-hydroxylation sites is 1. The van der Waals surface area contributed by atoms with Crippen molar-refractivity contribution >= 4 is 16.9 Å². The van der Waals surface area contributed by atoms with Crippen molar-refractivity contribution < 1.29 is 24.2 Å². The molecular weight excluding hydrogens is 410 g/mol. The fourth-order valence-electron chi connectivity index (χ4n) is 3.41. The molecule has 3 aromatic carbocycles. The number of carboxylic acids is 1. The lowest BCUT2D eigenvalue weighted by molar-refractivity contribution is -0.139. The zero-order valence-electron chi connectivity index (χ0n) is 17.0. The van der Waals surface area contributed by atoms with Gasteiger partial charge in [0.2, 0.25) is 11.2 Å². The number of ether oxygens (including phenoxy) is 1. The monoisotopic (exact) mass is 431 g/mol. The van der Waals surface area contributed by atoms with Gasteiger partial charge in [-0.3, -0.25) is 14.9 Å². The van der Waals surface area contributed by atoms with Crippen LogP contribution >= 0.6 is 0 Å². The van der Waals surface area contributed by atoms with E-state index in [1.54, 1.807) is 24.3 Å². The van der Waals surface area contributed by atoms with E-state index in [4.69, 9.17) is 9.15 Å². The van der Waals surface area contributed by atoms with Crippen LogP contribution in [0.25, 0.3) is 11.0 Å². The van der Waals surface area contributed by atoms with Crippen molar-refractivity contribution in [2.75, 3.05) is 0 Å². The van der Waals surface area contributed by atoms with Crippen molar-refractivity contribution in [3.05, 3.63) is 100 Å². The van der Waals surface area contributed by atoms with Crippen LogP contribution < -0.4 is 15.5 Å². The van der Waals surface area contributed by atoms with Crippen LogP contribution in [0.5, 0.6) is 17.2 Å². The highest BCUT2D eigenvalue weighted by Crippen LogP contribution is 2.28. The predicted molar refractivity (Wildman–Crippen MR) is 119 cm³/mol. The minimum absolute atomic E-state index is 0.00516. The molecule has 0 aliphatic rings. The second kappa shape index (κ2) is 9.36. The number of carboxylic acid groups (broad SMARTS) is 1. The molecule has 7 nitrogen and oxygen atoms in total. The number of phenols is 1. The number of hydrogen-bond donors (Lipinski definition) is 3. The van der Waals surface area contributed by atoms with Crippen LogP contribution in [0.1, 0.15) is 11.1 Å². The van der Waals surface area contributed by atoms with Crippen molar-refractivity contribution in [2.45, 2.75) is 19.0 Å². The van der Waals surface area contributed by atoms with Crippen molar-refractivity contribution in [3.8, 4) is 17.2 Å². The molecule has 0 saturated heterocycles. The van der Waals surface area contributed by atoms with Crippen LogP contribution in [-0.4, -0.2) is 22.2 Å². The van der Waals surface area contributed by atoms with Gasteiger partial charge in [0.25, 0.3) is 0 Å². The highest BCUT2D eigenvalue weighted by molar-refractivity contribution is 5.83. The Morgan fingerprint density at radius 2 is 1.69 bits per heavy atom. The first-order valence-corrected chi connectivity index (χ1v) is 10.0. The molecule has 32 heavy (non-hydrogen) atoms. The summed E-state index contributed by atoms with van der Waals surface area (Å²) in [5.74, 6) is -0.617. The van der Waals surface area contributed by atoms with Crippen molar-refractivity contribution in [3.63, 3.8) is 0 Å². The maximum absolute atomic E-state index is 12.9. The zero-order valence-corrected chi connectivity index (χ0v) is 17.0. The number of carbonyl (C=O) groups is 1. The number of hydrogen-bond acceptors (Lipinski definition) is 6. The summed E-state index contributed by atoms with van der Waals surface area (Å²) in [5, 5.41) is 23.1. The van der Waals surface area contributed by atoms with Gasteiger partial charge in [0.05, 0.1) is 10.9 Å². The first-order chi connectivity index (χ1) is 15.5. The van der Waals surface area contributed by atoms with Crippen LogP contribution in [0.15, 0.2) is 88.3 Å². The first kappa shape index (κ1) is 21.1. The average Bonchev–Trinajstić information content (AvgIpc) is 2.80. The van der Waals surface area contributed by atoms with Gasteiger partial charge in [-0.05, 0) is 36.2 Å². The molecule has 3 N–H and O–H groups in total. The number of aromatic hydroxyl groups is 1. The largest absolute Gasteiger partial charge is 0.507 e. The van der Waals surface area contributed by atoms with Gasteiger partial charge >= 0.3 is 5.97 Å². The summed E-state index contributed by atoms with van der Waals surface area (Å²) in [4.78, 5) is 24.6. The van der Waals surface area contributed by atoms with Gasteiger partial charge in [-0.25, -0.2) is 0 Å². The molecule has 0 aliphatic carbocycles. The summed E-state index contributed by atoms with van der Waals surface area (Å²) in [6.07, 6.45) is 1.46. The van der Waals surface area contributed by atoms with E-state index in [0.717, 1.165) is 5.56 Å². The van der Waals surface area contributed by atoms with Crippen molar-refractivity contribution in [1.82, 2.24) is 5.32 Å². The fraction of sp³-hybridized carbons (Fsp3) is 0.120. The molecule has 4 aromatic rings. The number of fused-ring (bicyclic) bond motifs is 1. The Morgan fingerprint density at radius 3 is 2.38 bits per heavy atom. The highest BCUT2D eigenvalue weighted by Gasteiger charge is 2.20. The van der Waals surface area contributed by atoms with Crippen LogP contribution in [0.3, 0.4) is 0 Å². The van der Waals surface area contributed by atoms with Crippen LogP contribution in [0.2, 0.25) is 0 Å². The van der Waals surface area contributed by atoms with Crippen LogP contribution in [-0.2, 0) is 17.8 Å². The molecule has 0 aliphatic heterocycles. The number of aliphatic carboxylic acids is 1. The van der Waals surface area contributed by atoms with Gasteiger partial charge in [0.1, 0.15) is 29.4 Å². The second-order valence-corrected chi connectivity index (χ2v) is 7.25. The van der Waals surface area contributed by atoms with E-state index in [1.807, 2.05) is 36.4 Å². The van der Waals surface area contributed by atoms with Crippen molar-refractivity contribution in [2.24, 2.45) is 0 Å². The molecule has 0 saturated carbocycles.